The summed E-state index contributed by atoms with van der Waals surface area (Å²) in [7, 11) is -3.32. The largest absolute Gasteiger partial charge is 0.337 e. The maximum absolute atomic E-state index is 12.4. The highest BCUT2D eigenvalue weighted by Gasteiger charge is 2.35. The molecule has 0 radical (unpaired) electrons. The molecular formula is C11H12BrNO3S2. The minimum absolute atomic E-state index is 0.0294. The molecule has 1 aliphatic carbocycles. The normalized spacial score (nSPS) is 22.7. The van der Waals surface area contributed by atoms with Gasteiger partial charge in [-0.1, -0.05) is 0 Å². The number of halogens is 1. The highest BCUT2D eigenvalue weighted by molar-refractivity contribution is 9.11. The van der Waals surface area contributed by atoms with Gasteiger partial charge in [0, 0.05) is 13.1 Å². The molecule has 2 heterocycles. The highest BCUT2D eigenvalue weighted by atomic mass is 79.9. The van der Waals surface area contributed by atoms with E-state index in [-0.39, 0.29) is 16.6 Å². The van der Waals surface area contributed by atoms with Crippen molar-refractivity contribution in [1.82, 2.24) is 4.90 Å². The van der Waals surface area contributed by atoms with Crippen molar-refractivity contribution in [3.8, 4) is 0 Å². The van der Waals surface area contributed by atoms with Gasteiger partial charge in [0.2, 0.25) is 0 Å². The molecule has 0 aromatic carbocycles. The molecule has 1 fully saturated rings. The van der Waals surface area contributed by atoms with Crippen molar-refractivity contribution in [2.24, 2.45) is 5.92 Å². The molecular weight excluding hydrogens is 338 g/mol. The van der Waals surface area contributed by atoms with Crippen LogP contribution in [-0.4, -0.2) is 38.1 Å². The summed E-state index contributed by atoms with van der Waals surface area (Å²) in [6.45, 7) is 1.01. The van der Waals surface area contributed by atoms with Crippen LogP contribution in [0.3, 0.4) is 0 Å². The predicted octanol–water partition coefficient (Wildman–Crippen LogP) is 2.15. The first kappa shape index (κ1) is 12.6. The van der Waals surface area contributed by atoms with Crippen LogP contribution in [0.4, 0.5) is 0 Å². The van der Waals surface area contributed by atoms with Crippen LogP contribution < -0.4 is 0 Å². The predicted molar refractivity (Wildman–Crippen MR) is 72.7 cm³/mol. The smallest absolute Gasteiger partial charge is 0.265 e. The van der Waals surface area contributed by atoms with Gasteiger partial charge in [-0.15, -0.1) is 11.3 Å². The molecule has 0 bridgehead atoms. The Balaban J connectivity index is 2.02. The molecule has 1 aromatic heterocycles. The summed E-state index contributed by atoms with van der Waals surface area (Å²) in [5.41, 5.74) is 0. The minimum Gasteiger partial charge on any atom is -0.337 e. The molecule has 18 heavy (non-hydrogen) atoms. The molecule has 1 saturated carbocycles. The number of fused-ring (bicyclic) bond motifs is 1. The zero-order valence-corrected chi connectivity index (χ0v) is 12.8. The summed E-state index contributed by atoms with van der Waals surface area (Å²) in [5.74, 6) is 0.469. The van der Waals surface area contributed by atoms with Gasteiger partial charge in [0.1, 0.15) is 4.88 Å². The zero-order chi connectivity index (χ0) is 12.9. The van der Waals surface area contributed by atoms with Gasteiger partial charge in [-0.2, -0.15) is 0 Å². The van der Waals surface area contributed by atoms with Crippen LogP contribution in [0.1, 0.15) is 22.5 Å². The Morgan fingerprint density at radius 1 is 1.44 bits per heavy atom. The van der Waals surface area contributed by atoms with Crippen LogP contribution in [0.5, 0.6) is 0 Å². The molecule has 2 aliphatic rings. The number of amides is 1. The molecule has 1 amide bonds. The fraction of sp³-hybridized carbons (Fsp3) is 0.545. The van der Waals surface area contributed by atoms with Gasteiger partial charge in [-0.05, 0) is 40.8 Å². The number of carbonyl (C=O) groups excluding carboxylic acids is 1. The number of carbonyl (C=O) groups is 1. The number of hydrogen-bond donors (Lipinski definition) is 0. The Labute approximate surface area is 118 Å². The van der Waals surface area contributed by atoms with E-state index in [1.54, 1.807) is 11.0 Å². The van der Waals surface area contributed by atoms with Crippen molar-refractivity contribution in [1.29, 1.82) is 0 Å². The lowest BCUT2D eigenvalue weighted by atomic mass is 10.3. The maximum Gasteiger partial charge on any atom is 0.265 e. The van der Waals surface area contributed by atoms with Crippen molar-refractivity contribution >= 4 is 43.0 Å². The Kier molecular flexibility index (Phi) is 3.03. The van der Waals surface area contributed by atoms with Crippen molar-refractivity contribution in [3.63, 3.8) is 0 Å². The molecule has 4 nitrogen and oxygen atoms in total. The summed E-state index contributed by atoms with van der Waals surface area (Å²) < 4.78 is 24.9. The summed E-state index contributed by atoms with van der Waals surface area (Å²) in [5, 5.41) is 0. The Morgan fingerprint density at radius 3 is 2.83 bits per heavy atom. The van der Waals surface area contributed by atoms with Crippen molar-refractivity contribution in [3.05, 3.63) is 14.7 Å². The van der Waals surface area contributed by atoms with E-state index >= 15 is 0 Å². The highest BCUT2D eigenvalue weighted by Crippen LogP contribution is 2.36. The minimum atomic E-state index is -3.32. The fourth-order valence-electron chi connectivity index (χ4n) is 2.10. The Bertz CT molecular complexity index is 604. The molecule has 0 spiro atoms. The second kappa shape index (κ2) is 4.31. The van der Waals surface area contributed by atoms with Gasteiger partial charge in [-0.25, -0.2) is 8.42 Å². The molecule has 0 unspecified atom stereocenters. The van der Waals surface area contributed by atoms with Crippen LogP contribution in [0, 0.1) is 5.92 Å². The van der Waals surface area contributed by atoms with Gasteiger partial charge in [0.15, 0.2) is 9.84 Å². The van der Waals surface area contributed by atoms with Crippen LogP contribution in [0.25, 0.3) is 0 Å². The van der Waals surface area contributed by atoms with Crippen LogP contribution in [-0.2, 0) is 9.84 Å². The fourth-order valence-corrected chi connectivity index (χ4v) is 5.64. The molecule has 98 valence electrons. The summed E-state index contributed by atoms with van der Waals surface area (Å²) >= 11 is 4.47. The third-order valence-corrected chi connectivity index (χ3v) is 6.76. The van der Waals surface area contributed by atoms with Gasteiger partial charge >= 0.3 is 0 Å². The number of thiophene rings is 1. The first-order valence-corrected chi connectivity index (χ1v) is 9.05. The van der Waals surface area contributed by atoms with E-state index in [9.17, 15) is 13.2 Å². The lowest BCUT2D eigenvalue weighted by molar-refractivity contribution is 0.0762. The number of hydrogen-bond acceptors (Lipinski definition) is 4. The SMILES string of the molecule is O=C1c2sc(Br)cc2S(=O)(=O)CCN1CC1CC1. The van der Waals surface area contributed by atoms with Gasteiger partial charge in [0.05, 0.1) is 14.4 Å². The van der Waals surface area contributed by atoms with E-state index in [1.807, 2.05) is 0 Å². The lowest BCUT2D eigenvalue weighted by Gasteiger charge is -2.19. The molecule has 0 saturated heterocycles. The Morgan fingerprint density at radius 2 is 2.17 bits per heavy atom. The monoisotopic (exact) mass is 349 g/mol. The van der Waals surface area contributed by atoms with Crippen LogP contribution in [0.2, 0.25) is 0 Å². The quantitative estimate of drug-likeness (QED) is 0.821. The van der Waals surface area contributed by atoms with Gasteiger partial charge < -0.3 is 4.90 Å². The van der Waals surface area contributed by atoms with Gasteiger partial charge in [0.25, 0.3) is 5.91 Å². The van der Waals surface area contributed by atoms with Crippen molar-refractivity contribution in [2.45, 2.75) is 17.7 Å². The zero-order valence-electron chi connectivity index (χ0n) is 9.56. The summed E-state index contributed by atoms with van der Waals surface area (Å²) in [4.78, 5) is 14.6. The van der Waals surface area contributed by atoms with Crippen LogP contribution in [0.15, 0.2) is 14.7 Å². The number of nitrogens with zero attached hydrogens (tertiary/aromatic N) is 1. The third kappa shape index (κ3) is 2.23. The first-order valence-electron chi connectivity index (χ1n) is 5.79. The average molecular weight is 350 g/mol. The molecule has 1 aromatic rings. The van der Waals surface area contributed by atoms with E-state index < -0.39 is 9.84 Å². The van der Waals surface area contributed by atoms with Crippen LogP contribution >= 0.6 is 27.3 Å². The first-order chi connectivity index (χ1) is 8.47. The van der Waals surface area contributed by atoms with E-state index in [0.717, 1.165) is 12.8 Å². The molecule has 7 heteroatoms. The lowest BCUT2D eigenvalue weighted by Crippen LogP contribution is -2.34. The second-order valence-corrected chi connectivity index (χ2v) is 9.27. The maximum atomic E-state index is 12.4. The Hall–Kier alpha value is -0.400. The van der Waals surface area contributed by atoms with E-state index in [1.165, 1.54) is 11.3 Å². The molecule has 0 N–H and O–H groups in total. The number of sulfone groups is 1. The number of rotatable bonds is 2. The summed E-state index contributed by atoms with van der Waals surface area (Å²) in [6.07, 6.45) is 2.30. The standard InChI is InChI=1S/C11H12BrNO3S2/c12-9-5-8-10(17-9)11(14)13(6-7-1-2-7)3-4-18(8,15)16/h5,7H,1-4,6H2. The van der Waals surface area contributed by atoms with E-state index in [2.05, 4.69) is 15.9 Å². The van der Waals surface area contributed by atoms with E-state index in [0.29, 0.717) is 27.7 Å². The van der Waals surface area contributed by atoms with E-state index in [4.69, 9.17) is 0 Å². The van der Waals surface area contributed by atoms with Gasteiger partial charge in [-0.3, -0.25) is 4.79 Å². The van der Waals surface area contributed by atoms with Crippen molar-refractivity contribution < 1.29 is 13.2 Å². The topological polar surface area (TPSA) is 54.5 Å². The molecule has 3 rings (SSSR count). The second-order valence-electron chi connectivity index (χ2n) is 4.76. The molecule has 1 aliphatic heterocycles. The average Bonchev–Trinajstić information content (AvgIpc) is 3.04. The third-order valence-electron chi connectivity index (χ3n) is 3.29. The van der Waals surface area contributed by atoms with Crippen molar-refractivity contribution in [2.75, 3.05) is 18.8 Å². The molecule has 0 atom stereocenters. The summed E-state index contributed by atoms with van der Waals surface area (Å²) in [6, 6.07) is 1.55.